The van der Waals surface area contributed by atoms with E-state index in [1.54, 1.807) is 7.11 Å². The number of halogens is 1. The van der Waals surface area contributed by atoms with Crippen molar-refractivity contribution in [2.75, 3.05) is 38.2 Å². The molecule has 0 N–H and O–H groups in total. The lowest BCUT2D eigenvalue weighted by Gasteiger charge is -2.36. The Balaban J connectivity index is 1.82. The van der Waals surface area contributed by atoms with E-state index < -0.39 is 0 Å². The second-order valence-electron chi connectivity index (χ2n) is 5.80. The average Bonchev–Trinajstić information content (AvgIpc) is 2.70. The minimum atomic E-state index is 0.726. The predicted octanol–water partition coefficient (Wildman–Crippen LogP) is 3.52. The first-order chi connectivity index (χ1) is 9.78. The summed E-state index contributed by atoms with van der Waals surface area (Å²) in [4.78, 5) is 5.22. The van der Waals surface area contributed by atoms with Gasteiger partial charge in [0.1, 0.15) is 5.75 Å². The fourth-order valence-electron chi connectivity index (χ4n) is 3.45. The van der Waals surface area contributed by atoms with Crippen LogP contribution in [0.25, 0.3) is 0 Å². The molecule has 2 heterocycles. The highest BCUT2D eigenvalue weighted by Crippen LogP contribution is 2.32. The van der Waals surface area contributed by atoms with Gasteiger partial charge in [0.2, 0.25) is 0 Å². The summed E-state index contributed by atoms with van der Waals surface area (Å²) in [7, 11) is 1.73. The maximum atomic E-state index is 5.38. The minimum absolute atomic E-state index is 0.726. The van der Waals surface area contributed by atoms with E-state index in [9.17, 15) is 0 Å². The highest BCUT2D eigenvalue weighted by Gasteiger charge is 2.27. The molecule has 0 radical (unpaired) electrons. The zero-order chi connectivity index (χ0) is 13.9. The summed E-state index contributed by atoms with van der Waals surface area (Å²) in [6.07, 6.45) is 5.35. The number of anilines is 1. The largest absolute Gasteiger partial charge is 0.497 e. The van der Waals surface area contributed by atoms with E-state index >= 15 is 0 Å². The van der Waals surface area contributed by atoms with Crippen molar-refractivity contribution in [2.24, 2.45) is 0 Å². The van der Waals surface area contributed by atoms with Crippen LogP contribution in [-0.4, -0.2) is 44.2 Å². The zero-order valence-electron chi connectivity index (χ0n) is 12.1. The smallest absolute Gasteiger partial charge is 0.121 e. The van der Waals surface area contributed by atoms with Gasteiger partial charge in [0.25, 0.3) is 0 Å². The molecule has 0 amide bonds. The third-order valence-electron chi connectivity index (χ3n) is 4.55. The molecule has 1 atom stereocenters. The van der Waals surface area contributed by atoms with Crippen molar-refractivity contribution < 1.29 is 4.74 Å². The van der Waals surface area contributed by atoms with Crippen molar-refractivity contribution in [1.29, 1.82) is 0 Å². The van der Waals surface area contributed by atoms with E-state index in [-0.39, 0.29) is 0 Å². The number of hydrogen-bond donors (Lipinski definition) is 0. The third-order valence-corrected chi connectivity index (χ3v) is 5.22. The van der Waals surface area contributed by atoms with Gasteiger partial charge in [-0.2, -0.15) is 0 Å². The van der Waals surface area contributed by atoms with Gasteiger partial charge in [-0.1, -0.05) is 6.42 Å². The van der Waals surface area contributed by atoms with E-state index in [4.69, 9.17) is 4.74 Å². The first-order valence-electron chi connectivity index (χ1n) is 7.60. The number of rotatable bonds is 2. The normalized spacial score (nSPS) is 24.1. The van der Waals surface area contributed by atoms with Crippen LogP contribution in [0.1, 0.15) is 25.7 Å². The first kappa shape index (κ1) is 14.2. The molecule has 1 unspecified atom stereocenters. The number of ether oxygens (including phenoxy) is 1. The summed E-state index contributed by atoms with van der Waals surface area (Å²) in [5.41, 5.74) is 1.27. The molecule has 4 heteroatoms. The molecule has 0 bridgehead atoms. The molecule has 0 aliphatic carbocycles. The second kappa shape index (κ2) is 6.35. The van der Waals surface area contributed by atoms with Crippen molar-refractivity contribution in [3.63, 3.8) is 0 Å². The highest BCUT2D eigenvalue weighted by molar-refractivity contribution is 9.10. The Morgan fingerprint density at radius 3 is 2.85 bits per heavy atom. The molecule has 3 rings (SSSR count). The fourth-order valence-corrected chi connectivity index (χ4v) is 3.95. The Morgan fingerprint density at radius 1 is 1.15 bits per heavy atom. The average molecular weight is 339 g/mol. The van der Waals surface area contributed by atoms with Crippen LogP contribution in [-0.2, 0) is 0 Å². The van der Waals surface area contributed by atoms with Crippen molar-refractivity contribution in [3.8, 4) is 5.75 Å². The molecule has 0 saturated carbocycles. The molecule has 0 spiro atoms. The summed E-state index contributed by atoms with van der Waals surface area (Å²) in [5, 5.41) is 0. The highest BCUT2D eigenvalue weighted by atomic mass is 79.9. The lowest BCUT2D eigenvalue weighted by molar-refractivity contribution is 0.162. The third kappa shape index (κ3) is 2.96. The molecule has 20 heavy (non-hydrogen) atoms. The number of piperidine rings is 1. The molecule has 2 aliphatic rings. The van der Waals surface area contributed by atoms with Crippen LogP contribution < -0.4 is 9.64 Å². The Labute approximate surface area is 130 Å². The molecular weight excluding hydrogens is 316 g/mol. The molecular formula is C16H23BrN2O. The molecule has 2 fully saturated rings. The van der Waals surface area contributed by atoms with Crippen LogP contribution in [0, 0.1) is 0 Å². The minimum Gasteiger partial charge on any atom is -0.497 e. The van der Waals surface area contributed by atoms with Crippen LogP contribution in [0.15, 0.2) is 22.7 Å². The van der Waals surface area contributed by atoms with Gasteiger partial charge in [-0.3, -0.25) is 4.90 Å². The number of methoxy groups -OCH3 is 1. The monoisotopic (exact) mass is 338 g/mol. The van der Waals surface area contributed by atoms with Crippen LogP contribution in [0.5, 0.6) is 5.75 Å². The quantitative estimate of drug-likeness (QED) is 0.820. The standard InChI is InChI=1S/C16H23BrN2O/c1-20-14-6-7-15(17)16(11-14)19-10-4-9-18-8-3-2-5-13(18)12-19/h6-7,11,13H,2-5,8-10,12H2,1H3. The summed E-state index contributed by atoms with van der Waals surface area (Å²) >= 11 is 3.70. The Kier molecular flexibility index (Phi) is 4.51. The maximum absolute atomic E-state index is 5.38. The van der Waals surface area contributed by atoms with Gasteiger partial charge >= 0.3 is 0 Å². The van der Waals surface area contributed by atoms with Crippen molar-refractivity contribution in [2.45, 2.75) is 31.7 Å². The van der Waals surface area contributed by atoms with Crippen LogP contribution in [0.2, 0.25) is 0 Å². The summed E-state index contributed by atoms with van der Waals surface area (Å²) < 4.78 is 6.55. The van der Waals surface area contributed by atoms with Crippen LogP contribution in [0.3, 0.4) is 0 Å². The lowest BCUT2D eigenvalue weighted by Crippen LogP contribution is -2.44. The second-order valence-corrected chi connectivity index (χ2v) is 6.66. The molecule has 0 aromatic heterocycles. The maximum Gasteiger partial charge on any atom is 0.121 e. The predicted molar refractivity (Wildman–Crippen MR) is 86.7 cm³/mol. The van der Waals surface area contributed by atoms with E-state index in [2.05, 4.69) is 37.9 Å². The van der Waals surface area contributed by atoms with E-state index in [0.717, 1.165) is 24.9 Å². The van der Waals surface area contributed by atoms with E-state index in [0.29, 0.717) is 0 Å². The number of benzene rings is 1. The number of fused-ring (bicyclic) bond motifs is 1. The molecule has 1 aromatic carbocycles. The fraction of sp³-hybridized carbons (Fsp3) is 0.625. The SMILES string of the molecule is COc1ccc(Br)c(N2CCCN3CCCCC3C2)c1. The van der Waals surface area contributed by atoms with Crippen molar-refractivity contribution >= 4 is 21.6 Å². The summed E-state index contributed by atoms with van der Waals surface area (Å²) in [6, 6.07) is 6.99. The molecule has 2 aliphatic heterocycles. The molecule has 2 saturated heterocycles. The van der Waals surface area contributed by atoms with E-state index in [1.807, 2.05) is 6.07 Å². The topological polar surface area (TPSA) is 15.7 Å². The Hall–Kier alpha value is -0.740. The van der Waals surface area contributed by atoms with Crippen LogP contribution >= 0.6 is 15.9 Å². The zero-order valence-corrected chi connectivity index (χ0v) is 13.7. The van der Waals surface area contributed by atoms with Crippen molar-refractivity contribution in [3.05, 3.63) is 22.7 Å². The van der Waals surface area contributed by atoms with Gasteiger partial charge in [0.15, 0.2) is 0 Å². The van der Waals surface area contributed by atoms with Crippen molar-refractivity contribution in [1.82, 2.24) is 4.90 Å². The summed E-state index contributed by atoms with van der Waals surface area (Å²) in [5.74, 6) is 0.938. The van der Waals surface area contributed by atoms with Gasteiger partial charge in [-0.15, -0.1) is 0 Å². The number of nitrogens with zero attached hydrogens (tertiary/aromatic N) is 2. The lowest BCUT2D eigenvalue weighted by atomic mass is 10.0. The summed E-state index contributed by atoms with van der Waals surface area (Å²) in [6.45, 7) is 4.82. The number of hydrogen-bond acceptors (Lipinski definition) is 3. The van der Waals surface area contributed by atoms with Gasteiger partial charge in [-0.25, -0.2) is 0 Å². The molecule has 3 nitrogen and oxygen atoms in total. The Bertz CT molecular complexity index is 466. The van der Waals surface area contributed by atoms with Gasteiger partial charge in [0, 0.05) is 36.2 Å². The Morgan fingerprint density at radius 2 is 2.00 bits per heavy atom. The molecule has 1 aromatic rings. The van der Waals surface area contributed by atoms with Gasteiger partial charge in [0.05, 0.1) is 12.8 Å². The van der Waals surface area contributed by atoms with Crippen LogP contribution in [0.4, 0.5) is 5.69 Å². The van der Waals surface area contributed by atoms with Gasteiger partial charge in [-0.05, 0) is 53.9 Å². The molecule has 110 valence electrons. The van der Waals surface area contributed by atoms with Gasteiger partial charge < -0.3 is 9.64 Å². The van der Waals surface area contributed by atoms with E-state index in [1.165, 1.54) is 48.9 Å². The first-order valence-corrected chi connectivity index (χ1v) is 8.40.